The highest BCUT2D eigenvalue weighted by Crippen LogP contribution is 2.24. The van der Waals surface area contributed by atoms with Crippen molar-refractivity contribution in [2.45, 2.75) is 45.7 Å². The van der Waals surface area contributed by atoms with Crippen molar-refractivity contribution in [2.75, 3.05) is 0 Å². The van der Waals surface area contributed by atoms with Crippen molar-refractivity contribution in [1.29, 1.82) is 0 Å². The summed E-state index contributed by atoms with van der Waals surface area (Å²) in [5.41, 5.74) is -1.57. The van der Waals surface area contributed by atoms with Crippen molar-refractivity contribution >= 4 is 6.29 Å². The van der Waals surface area contributed by atoms with Crippen LogP contribution in [0.2, 0.25) is 0 Å². The molecule has 0 aliphatic heterocycles. The van der Waals surface area contributed by atoms with Gasteiger partial charge in [-0.1, -0.05) is 27.2 Å². The summed E-state index contributed by atoms with van der Waals surface area (Å²) in [6.07, 6.45) is 2.03. The highest BCUT2D eigenvalue weighted by atomic mass is 19.1. The fraction of sp³-hybridized carbons (Fsp3) is 0.889. The van der Waals surface area contributed by atoms with E-state index in [0.717, 1.165) is 6.42 Å². The van der Waals surface area contributed by atoms with E-state index < -0.39 is 5.67 Å². The molecule has 2 unspecified atom stereocenters. The van der Waals surface area contributed by atoms with E-state index in [2.05, 4.69) is 0 Å². The lowest BCUT2D eigenvalue weighted by molar-refractivity contribution is -0.119. The van der Waals surface area contributed by atoms with E-state index in [-0.39, 0.29) is 0 Å². The SMILES string of the molecule is CCC(C)CC(F)(C=O)CC. The highest BCUT2D eigenvalue weighted by molar-refractivity contribution is 5.62. The van der Waals surface area contributed by atoms with Gasteiger partial charge in [0.05, 0.1) is 0 Å². The smallest absolute Gasteiger partial charge is 0.165 e. The van der Waals surface area contributed by atoms with Gasteiger partial charge in [-0.15, -0.1) is 0 Å². The molecule has 0 N–H and O–H groups in total. The lowest BCUT2D eigenvalue weighted by atomic mass is 9.91. The Morgan fingerprint density at radius 3 is 2.36 bits per heavy atom. The molecule has 0 fully saturated rings. The minimum atomic E-state index is -1.57. The van der Waals surface area contributed by atoms with Gasteiger partial charge in [-0.3, -0.25) is 4.79 Å². The summed E-state index contributed by atoms with van der Waals surface area (Å²) < 4.78 is 13.3. The van der Waals surface area contributed by atoms with Gasteiger partial charge in [0.2, 0.25) is 0 Å². The van der Waals surface area contributed by atoms with E-state index in [0.29, 0.717) is 25.0 Å². The molecule has 0 spiro atoms. The maximum atomic E-state index is 13.3. The fourth-order valence-electron chi connectivity index (χ4n) is 0.999. The number of aldehydes is 1. The van der Waals surface area contributed by atoms with E-state index in [1.165, 1.54) is 0 Å². The van der Waals surface area contributed by atoms with Gasteiger partial charge >= 0.3 is 0 Å². The molecule has 11 heavy (non-hydrogen) atoms. The summed E-state index contributed by atoms with van der Waals surface area (Å²) >= 11 is 0. The molecule has 66 valence electrons. The average molecular weight is 160 g/mol. The predicted octanol–water partition coefficient (Wildman–Crippen LogP) is 2.74. The van der Waals surface area contributed by atoms with Crippen molar-refractivity contribution in [3.8, 4) is 0 Å². The Kier molecular flexibility index (Phi) is 4.31. The molecule has 0 rings (SSSR count). The minimum Gasteiger partial charge on any atom is -0.300 e. The van der Waals surface area contributed by atoms with Gasteiger partial charge < -0.3 is 0 Å². The molecule has 0 saturated carbocycles. The van der Waals surface area contributed by atoms with Crippen LogP contribution in [0.3, 0.4) is 0 Å². The molecule has 1 nitrogen and oxygen atoms in total. The van der Waals surface area contributed by atoms with Gasteiger partial charge in [0.1, 0.15) is 0 Å². The van der Waals surface area contributed by atoms with E-state index in [1.54, 1.807) is 6.92 Å². The highest BCUT2D eigenvalue weighted by Gasteiger charge is 2.28. The second kappa shape index (κ2) is 4.47. The van der Waals surface area contributed by atoms with Crippen molar-refractivity contribution in [3.63, 3.8) is 0 Å². The summed E-state index contributed by atoms with van der Waals surface area (Å²) in [6.45, 7) is 5.68. The van der Waals surface area contributed by atoms with E-state index in [9.17, 15) is 9.18 Å². The summed E-state index contributed by atoms with van der Waals surface area (Å²) in [6, 6.07) is 0. The summed E-state index contributed by atoms with van der Waals surface area (Å²) in [7, 11) is 0. The third-order valence-electron chi connectivity index (χ3n) is 2.18. The number of rotatable bonds is 5. The van der Waals surface area contributed by atoms with Gasteiger partial charge in [0.25, 0.3) is 0 Å². The molecule has 2 atom stereocenters. The van der Waals surface area contributed by atoms with Crippen molar-refractivity contribution in [1.82, 2.24) is 0 Å². The Hall–Kier alpha value is -0.400. The zero-order chi connectivity index (χ0) is 8.91. The van der Waals surface area contributed by atoms with Crippen LogP contribution in [0, 0.1) is 5.92 Å². The van der Waals surface area contributed by atoms with Crippen molar-refractivity contribution < 1.29 is 9.18 Å². The van der Waals surface area contributed by atoms with Crippen molar-refractivity contribution in [3.05, 3.63) is 0 Å². The van der Waals surface area contributed by atoms with Crippen LogP contribution in [0.25, 0.3) is 0 Å². The topological polar surface area (TPSA) is 17.1 Å². The summed E-state index contributed by atoms with van der Waals surface area (Å²) in [4.78, 5) is 10.3. The van der Waals surface area contributed by atoms with Gasteiger partial charge in [-0.2, -0.15) is 0 Å². The first-order valence-electron chi connectivity index (χ1n) is 4.23. The van der Waals surface area contributed by atoms with E-state index in [1.807, 2.05) is 13.8 Å². The van der Waals surface area contributed by atoms with Crippen LogP contribution in [-0.2, 0) is 4.79 Å². The molecule has 0 aromatic carbocycles. The number of hydrogen-bond acceptors (Lipinski definition) is 1. The Balaban J connectivity index is 3.96. The predicted molar refractivity (Wildman–Crippen MR) is 44.3 cm³/mol. The Labute approximate surface area is 68.0 Å². The Bertz CT molecular complexity index is 125. The second-order valence-corrected chi connectivity index (χ2v) is 3.22. The lowest BCUT2D eigenvalue weighted by Gasteiger charge is -2.19. The summed E-state index contributed by atoms with van der Waals surface area (Å²) in [5.74, 6) is 0.296. The van der Waals surface area contributed by atoms with Crippen LogP contribution in [-0.4, -0.2) is 12.0 Å². The quantitative estimate of drug-likeness (QED) is 0.565. The second-order valence-electron chi connectivity index (χ2n) is 3.22. The molecule has 0 amide bonds. The van der Waals surface area contributed by atoms with Crippen molar-refractivity contribution in [2.24, 2.45) is 5.92 Å². The molecule has 2 heteroatoms. The molecular weight excluding hydrogens is 143 g/mol. The maximum absolute atomic E-state index is 13.3. The Morgan fingerprint density at radius 2 is 2.09 bits per heavy atom. The molecule has 0 heterocycles. The van der Waals surface area contributed by atoms with Gasteiger partial charge in [0, 0.05) is 0 Å². The standard InChI is InChI=1S/C9H17FO/c1-4-8(3)6-9(10,5-2)7-11/h7-8H,4-6H2,1-3H3. The average Bonchev–Trinajstić information content (AvgIpc) is 2.04. The molecule has 0 bridgehead atoms. The van der Waals surface area contributed by atoms with Crippen LogP contribution in [0.5, 0.6) is 0 Å². The monoisotopic (exact) mass is 160 g/mol. The molecular formula is C9H17FO. The normalized spacial score (nSPS) is 18.9. The first-order valence-corrected chi connectivity index (χ1v) is 4.23. The molecule has 0 aliphatic carbocycles. The first kappa shape index (κ1) is 10.6. The van der Waals surface area contributed by atoms with Crippen LogP contribution < -0.4 is 0 Å². The van der Waals surface area contributed by atoms with Gasteiger partial charge in [0.15, 0.2) is 12.0 Å². The van der Waals surface area contributed by atoms with Crippen LogP contribution >= 0.6 is 0 Å². The molecule has 0 radical (unpaired) electrons. The summed E-state index contributed by atoms with van der Waals surface area (Å²) in [5, 5.41) is 0. The third-order valence-corrected chi connectivity index (χ3v) is 2.18. The number of hydrogen-bond donors (Lipinski definition) is 0. The van der Waals surface area contributed by atoms with Gasteiger partial charge in [-0.05, 0) is 18.8 Å². The van der Waals surface area contributed by atoms with Gasteiger partial charge in [-0.25, -0.2) is 4.39 Å². The minimum absolute atomic E-state index is 0.292. The first-order chi connectivity index (χ1) is 5.08. The van der Waals surface area contributed by atoms with Crippen LogP contribution in [0.1, 0.15) is 40.0 Å². The molecule has 0 aliphatic rings. The van der Waals surface area contributed by atoms with Crippen LogP contribution in [0.4, 0.5) is 4.39 Å². The number of carbonyl (C=O) groups is 1. The number of alkyl halides is 1. The number of carbonyl (C=O) groups excluding carboxylic acids is 1. The molecule has 0 aromatic rings. The Morgan fingerprint density at radius 1 is 1.55 bits per heavy atom. The lowest BCUT2D eigenvalue weighted by Crippen LogP contribution is -2.26. The molecule has 0 saturated heterocycles. The third kappa shape index (κ3) is 3.49. The zero-order valence-electron chi connectivity index (χ0n) is 7.56. The fourth-order valence-corrected chi connectivity index (χ4v) is 0.999. The van der Waals surface area contributed by atoms with E-state index in [4.69, 9.17) is 0 Å². The number of halogens is 1. The van der Waals surface area contributed by atoms with E-state index >= 15 is 0 Å². The van der Waals surface area contributed by atoms with Crippen LogP contribution in [0.15, 0.2) is 0 Å². The maximum Gasteiger partial charge on any atom is 0.165 e. The molecule has 0 aromatic heterocycles. The zero-order valence-corrected chi connectivity index (χ0v) is 7.56. The largest absolute Gasteiger partial charge is 0.300 e.